The summed E-state index contributed by atoms with van der Waals surface area (Å²) in [6.07, 6.45) is 2.05. The summed E-state index contributed by atoms with van der Waals surface area (Å²) in [6, 6.07) is 15.9. The molecule has 0 aliphatic rings. The minimum Gasteiger partial charge on any atom is -0.456 e. The zero-order chi connectivity index (χ0) is 23.1. The number of hydrogen-bond donors (Lipinski definition) is 0. The molecule has 0 radical (unpaired) electrons. The van der Waals surface area contributed by atoms with E-state index in [1.165, 1.54) is 5.56 Å². The molecule has 32 heavy (non-hydrogen) atoms. The van der Waals surface area contributed by atoms with Gasteiger partial charge in [0.25, 0.3) is 5.91 Å². The summed E-state index contributed by atoms with van der Waals surface area (Å²) in [5.41, 5.74) is 4.19. The first-order valence-corrected chi connectivity index (χ1v) is 10.5. The third kappa shape index (κ3) is 6.44. The van der Waals surface area contributed by atoms with Crippen molar-refractivity contribution in [3.05, 3.63) is 71.7 Å². The molecule has 0 aliphatic heterocycles. The number of amides is 1. The van der Waals surface area contributed by atoms with Gasteiger partial charge in [-0.05, 0) is 24.6 Å². The van der Waals surface area contributed by atoms with Crippen LogP contribution in [0.5, 0.6) is 0 Å². The van der Waals surface area contributed by atoms with Gasteiger partial charge in [-0.3, -0.25) is 9.59 Å². The average molecular weight is 436 g/mol. The number of hydrogen-bond acceptors (Lipinski definition) is 6. The van der Waals surface area contributed by atoms with Gasteiger partial charge in [0, 0.05) is 45.4 Å². The third-order valence-corrected chi connectivity index (χ3v) is 5.09. The lowest BCUT2D eigenvalue weighted by atomic mass is 10.1. The van der Waals surface area contributed by atoms with Gasteiger partial charge >= 0.3 is 5.97 Å². The highest BCUT2D eigenvalue weighted by molar-refractivity contribution is 5.80. The van der Waals surface area contributed by atoms with Gasteiger partial charge in [-0.1, -0.05) is 42.0 Å². The number of aromatic nitrogens is 1. The number of aryl methyl sites for hydroxylation is 2. The Morgan fingerprint density at radius 1 is 1.00 bits per heavy atom. The van der Waals surface area contributed by atoms with E-state index in [9.17, 15) is 9.59 Å². The molecule has 168 valence electrons. The van der Waals surface area contributed by atoms with Crippen molar-refractivity contribution < 1.29 is 18.7 Å². The minimum atomic E-state index is -0.461. The molecule has 0 N–H and O–H groups in total. The predicted molar refractivity (Wildman–Crippen MR) is 123 cm³/mol. The highest BCUT2D eigenvalue weighted by Crippen LogP contribution is 2.21. The normalized spacial score (nSPS) is 10.6. The van der Waals surface area contributed by atoms with Crippen molar-refractivity contribution >= 4 is 17.6 Å². The molecule has 7 heteroatoms. The Kier molecular flexibility index (Phi) is 7.65. The van der Waals surface area contributed by atoms with Crippen LogP contribution in [-0.2, 0) is 27.3 Å². The van der Waals surface area contributed by atoms with Crippen LogP contribution in [0.3, 0.4) is 0 Å². The summed E-state index contributed by atoms with van der Waals surface area (Å²) in [4.78, 5) is 32.1. The zero-order valence-electron chi connectivity index (χ0n) is 19.0. The molecule has 0 aliphatic carbocycles. The Morgan fingerprint density at radius 2 is 1.69 bits per heavy atom. The highest BCUT2D eigenvalue weighted by atomic mass is 16.5. The largest absolute Gasteiger partial charge is 0.456 e. The first-order valence-electron chi connectivity index (χ1n) is 10.5. The van der Waals surface area contributed by atoms with Crippen LogP contribution < -0.4 is 4.90 Å². The van der Waals surface area contributed by atoms with Gasteiger partial charge in [0.2, 0.25) is 0 Å². The third-order valence-electron chi connectivity index (χ3n) is 5.09. The fraction of sp³-hybridized carbons (Fsp3) is 0.320. The van der Waals surface area contributed by atoms with E-state index in [2.05, 4.69) is 4.98 Å². The maximum Gasteiger partial charge on any atom is 0.306 e. The van der Waals surface area contributed by atoms with Crippen molar-refractivity contribution in [3.8, 4) is 11.3 Å². The Bertz CT molecular complexity index is 1040. The van der Waals surface area contributed by atoms with E-state index >= 15 is 0 Å². The SMILES string of the molecule is Cc1ccc(-c2cnc(CCC(=O)OCC(=O)N(C)Cc3ccc(N(C)C)cc3)o2)cc1. The van der Waals surface area contributed by atoms with E-state index in [1.54, 1.807) is 18.1 Å². The van der Waals surface area contributed by atoms with E-state index in [0.29, 0.717) is 24.6 Å². The van der Waals surface area contributed by atoms with Gasteiger partial charge in [0.05, 0.1) is 12.6 Å². The number of rotatable bonds is 9. The number of likely N-dealkylation sites (N-methyl/N-ethyl adjacent to an activating group) is 1. The average Bonchev–Trinajstić information content (AvgIpc) is 3.26. The molecule has 3 rings (SSSR count). The van der Waals surface area contributed by atoms with Crippen molar-refractivity contribution in [1.29, 1.82) is 0 Å². The summed E-state index contributed by atoms with van der Waals surface area (Å²) in [5, 5.41) is 0. The smallest absolute Gasteiger partial charge is 0.306 e. The van der Waals surface area contributed by atoms with Crippen molar-refractivity contribution in [1.82, 2.24) is 9.88 Å². The quantitative estimate of drug-likeness (QED) is 0.475. The number of ether oxygens (including phenoxy) is 1. The molecular formula is C25H29N3O4. The molecule has 0 fully saturated rings. The first-order chi connectivity index (χ1) is 15.3. The standard InChI is InChI=1S/C25H29N3O4/c1-18-5-9-20(10-6-18)22-15-26-23(32-22)13-14-25(30)31-17-24(29)28(4)16-19-7-11-21(12-8-19)27(2)3/h5-12,15H,13-14,16-17H2,1-4H3. The van der Waals surface area contributed by atoms with Crippen molar-refractivity contribution in [2.24, 2.45) is 0 Å². The number of oxazole rings is 1. The van der Waals surface area contributed by atoms with Gasteiger partial charge in [0.15, 0.2) is 18.3 Å². The lowest BCUT2D eigenvalue weighted by Gasteiger charge is -2.18. The predicted octanol–water partition coefficient (Wildman–Crippen LogP) is 3.85. The lowest BCUT2D eigenvalue weighted by molar-refractivity contribution is -0.151. The summed E-state index contributed by atoms with van der Waals surface area (Å²) in [7, 11) is 5.64. The molecule has 0 saturated carbocycles. The van der Waals surface area contributed by atoms with Gasteiger partial charge in [-0.25, -0.2) is 4.98 Å². The van der Waals surface area contributed by atoms with E-state index in [0.717, 1.165) is 16.8 Å². The van der Waals surface area contributed by atoms with Crippen molar-refractivity contribution in [2.75, 3.05) is 32.6 Å². The maximum absolute atomic E-state index is 12.3. The summed E-state index contributed by atoms with van der Waals surface area (Å²) in [5.74, 6) is 0.399. The Hall–Kier alpha value is -3.61. The van der Waals surface area contributed by atoms with Gasteiger partial charge in [-0.15, -0.1) is 0 Å². The molecule has 1 aromatic heterocycles. The molecule has 1 heterocycles. The van der Waals surface area contributed by atoms with Gasteiger partial charge in [0.1, 0.15) is 0 Å². The second-order valence-electron chi connectivity index (χ2n) is 7.96. The number of esters is 1. The Morgan fingerprint density at radius 3 is 2.34 bits per heavy atom. The van der Waals surface area contributed by atoms with Crippen LogP contribution in [0.25, 0.3) is 11.3 Å². The maximum atomic E-state index is 12.3. The summed E-state index contributed by atoms with van der Waals surface area (Å²) >= 11 is 0. The molecule has 0 atom stereocenters. The Balaban J connectivity index is 1.41. The van der Waals surface area contributed by atoms with E-state index in [4.69, 9.17) is 9.15 Å². The number of nitrogens with zero attached hydrogens (tertiary/aromatic N) is 3. The lowest BCUT2D eigenvalue weighted by Crippen LogP contribution is -2.30. The topological polar surface area (TPSA) is 75.9 Å². The first kappa shape index (κ1) is 23.1. The van der Waals surface area contributed by atoms with E-state index in [1.807, 2.05) is 74.4 Å². The minimum absolute atomic E-state index is 0.0941. The number of anilines is 1. The molecule has 2 aromatic carbocycles. The fourth-order valence-corrected chi connectivity index (χ4v) is 3.07. The zero-order valence-corrected chi connectivity index (χ0v) is 19.0. The molecule has 0 spiro atoms. The van der Waals surface area contributed by atoms with Gasteiger partial charge < -0.3 is 19.0 Å². The van der Waals surface area contributed by atoms with Crippen LogP contribution in [0, 0.1) is 6.92 Å². The van der Waals surface area contributed by atoms with Crippen LogP contribution in [0.4, 0.5) is 5.69 Å². The number of benzene rings is 2. The van der Waals surface area contributed by atoms with Crippen LogP contribution in [0.1, 0.15) is 23.4 Å². The highest BCUT2D eigenvalue weighted by Gasteiger charge is 2.14. The van der Waals surface area contributed by atoms with Crippen LogP contribution in [0.2, 0.25) is 0 Å². The second-order valence-corrected chi connectivity index (χ2v) is 7.96. The summed E-state index contributed by atoms with van der Waals surface area (Å²) in [6.45, 7) is 2.18. The molecule has 0 saturated heterocycles. The summed E-state index contributed by atoms with van der Waals surface area (Å²) < 4.78 is 10.8. The van der Waals surface area contributed by atoms with Gasteiger partial charge in [-0.2, -0.15) is 0 Å². The van der Waals surface area contributed by atoms with Crippen molar-refractivity contribution in [2.45, 2.75) is 26.3 Å². The second kappa shape index (κ2) is 10.6. The molecule has 0 bridgehead atoms. The fourth-order valence-electron chi connectivity index (χ4n) is 3.07. The number of carbonyl (C=O) groups excluding carboxylic acids is 2. The van der Waals surface area contributed by atoms with Crippen molar-refractivity contribution in [3.63, 3.8) is 0 Å². The van der Waals surface area contributed by atoms with Crippen LogP contribution >= 0.6 is 0 Å². The van der Waals surface area contributed by atoms with Crippen LogP contribution in [-0.4, -0.2) is 49.5 Å². The van der Waals surface area contributed by atoms with Crippen LogP contribution in [0.15, 0.2) is 59.1 Å². The van der Waals surface area contributed by atoms with E-state index in [-0.39, 0.29) is 18.9 Å². The molecular weight excluding hydrogens is 406 g/mol. The molecule has 0 unspecified atom stereocenters. The Labute approximate surface area is 188 Å². The number of carbonyl (C=O) groups is 2. The molecule has 1 amide bonds. The monoisotopic (exact) mass is 435 g/mol. The molecule has 3 aromatic rings. The molecule has 7 nitrogen and oxygen atoms in total. The van der Waals surface area contributed by atoms with E-state index < -0.39 is 5.97 Å².